The summed E-state index contributed by atoms with van der Waals surface area (Å²) in [6.07, 6.45) is 1.12. The zero-order chi connectivity index (χ0) is 20.1. The predicted molar refractivity (Wildman–Crippen MR) is 107 cm³/mol. The van der Waals surface area contributed by atoms with E-state index in [4.69, 9.17) is 10.6 Å². The third-order valence-corrected chi connectivity index (χ3v) is 6.52. The molecule has 1 aromatic carbocycles. The second kappa shape index (κ2) is 6.74. The van der Waals surface area contributed by atoms with E-state index in [1.165, 1.54) is 7.11 Å². The number of hydrazone groups is 1. The second-order valence-electron chi connectivity index (χ2n) is 7.96. The molecule has 7 nitrogen and oxygen atoms in total. The van der Waals surface area contributed by atoms with Crippen molar-refractivity contribution in [1.82, 2.24) is 9.88 Å². The normalized spacial score (nSPS) is 29.4. The van der Waals surface area contributed by atoms with Crippen LogP contribution in [0.15, 0.2) is 29.4 Å². The number of hydrogen-bond acceptors (Lipinski definition) is 6. The Morgan fingerprint density at radius 2 is 2.18 bits per heavy atom. The fraction of sp³-hybridized carbons (Fsp3) is 0.476. The average molecular weight is 382 g/mol. The molecule has 1 aliphatic heterocycles. The molecule has 1 aliphatic carbocycles. The number of benzene rings is 1. The van der Waals surface area contributed by atoms with Gasteiger partial charge in [-0.2, -0.15) is 5.10 Å². The maximum Gasteiger partial charge on any atom is 0.319 e. The first-order chi connectivity index (χ1) is 13.5. The predicted octanol–water partition coefficient (Wildman–Crippen LogP) is 2.16. The minimum Gasteiger partial charge on any atom is -0.468 e. The molecule has 4 rings (SSSR count). The molecule has 2 heterocycles. The van der Waals surface area contributed by atoms with Gasteiger partial charge in [-0.25, -0.2) is 0 Å². The van der Waals surface area contributed by atoms with Crippen LogP contribution in [-0.4, -0.2) is 54.6 Å². The van der Waals surface area contributed by atoms with Crippen molar-refractivity contribution in [2.75, 3.05) is 27.2 Å². The summed E-state index contributed by atoms with van der Waals surface area (Å²) in [4.78, 5) is 32.0. The highest BCUT2D eigenvalue weighted by Crippen LogP contribution is 2.49. The van der Waals surface area contributed by atoms with Crippen LogP contribution in [0, 0.1) is 17.3 Å². The number of hydrogen-bond donors (Lipinski definition) is 2. The zero-order valence-corrected chi connectivity index (χ0v) is 16.5. The third kappa shape index (κ3) is 2.42. The van der Waals surface area contributed by atoms with E-state index in [1.807, 2.05) is 31.3 Å². The molecule has 0 bridgehead atoms. The number of likely N-dealkylation sites (tertiary alicyclic amines) is 1. The number of rotatable bonds is 2. The first kappa shape index (κ1) is 18.7. The molecular weight excluding hydrogens is 356 g/mol. The van der Waals surface area contributed by atoms with Gasteiger partial charge in [0.1, 0.15) is 5.41 Å². The molecule has 1 aromatic heterocycles. The average Bonchev–Trinajstić information content (AvgIpc) is 3.04. The van der Waals surface area contributed by atoms with Crippen LogP contribution in [0.2, 0.25) is 0 Å². The lowest BCUT2D eigenvalue weighted by Crippen LogP contribution is -2.60. The largest absolute Gasteiger partial charge is 0.468 e. The molecule has 2 aromatic rings. The lowest BCUT2D eigenvalue weighted by molar-refractivity contribution is -0.156. The number of esters is 1. The van der Waals surface area contributed by atoms with Crippen LogP contribution >= 0.6 is 0 Å². The number of ether oxygens (including phenoxy) is 1. The van der Waals surface area contributed by atoms with Crippen LogP contribution in [0.25, 0.3) is 10.9 Å². The Morgan fingerprint density at radius 3 is 2.86 bits per heavy atom. The molecule has 148 valence electrons. The summed E-state index contributed by atoms with van der Waals surface area (Å²) in [5.74, 6) is 5.50. The number of piperidine rings is 1. The highest BCUT2D eigenvalue weighted by molar-refractivity contribution is 6.26. The van der Waals surface area contributed by atoms with Gasteiger partial charge in [-0.1, -0.05) is 31.5 Å². The summed E-state index contributed by atoms with van der Waals surface area (Å²) in [6.45, 7) is 3.33. The number of aromatic amines is 1. The molecule has 1 saturated heterocycles. The van der Waals surface area contributed by atoms with E-state index in [0.717, 1.165) is 23.9 Å². The number of H-pyrrole nitrogens is 1. The number of nitrogens with two attached hydrogens (primary N) is 1. The second-order valence-corrected chi connectivity index (χ2v) is 7.96. The number of aromatic nitrogens is 1. The molecule has 0 spiro atoms. The number of Topliss-reactive ketones (excluding diaryl/α,β-unsaturated/α-hetero) is 1. The highest BCUT2D eigenvalue weighted by Gasteiger charge is 2.59. The molecule has 2 aliphatic rings. The van der Waals surface area contributed by atoms with Crippen molar-refractivity contribution in [1.29, 1.82) is 0 Å². The van der Waals surface area contributed by atoms with Crippen LogP contribution < -0.4 is 5.84 Å². The smallest absolute Gasteiger partial charge is 0.319 e. The van der Waals surface area contributed by atoms with E-state index < -0.39 is 5.41 Å². The molecule has 3 atom stereocenters. The van der Waals surface area contributed by atoms with E-state index in [1.54, 1.807) is 0 Å². The van der Waals surface area contributed by atoms with E-state index in [0.29, 0.717) is 23.5 Å². The molecule has 0 saturated carbocycles. The summed E-state index contributed by atoms with van der Waals surface area (Å²) in [5, 5.41) is 5.00. The first-order valence-corrected chi connectivity index (χ1v) is 9.67. The van der Waals surface area contributed by atoms with Crippen LogP contribution in [0.5, 0.6) is 0 Å². The Morgan fingerprint density at radius 1 is 1.43 bits per heavy atom. The molecule has 7 heteroatoms. The van der Waals surface area contributed by atoms with Crippen LogP contribution in [-0.2, 0) is 9.53 Å². The zero-order valence-electron chi connectivity index (χ0n) is 16.5. The van der Waals surface area contributed by atoms with Crippen molar-refractivity contribution in [2.45, 2.75) is 19.8 Å². The number of fused-ring (bicyclic) bond motifs is 4. The molecule has 3 unspecified atom stereocenters. The van der Waals surface area contributed by atoms with Gasteiger partial charge in [-0.05, 0) is 24.9 Å². The maximum atomic E-state index is 13.3. The fourth-order valence-corrected chi connectivity index (χ4v) is 5.34. The number of carbonyl (C=O) groups excluding carboxylic acids is 2. The number of ketones is 1. The van der Waals surface area contributed by atoms with Gasteiger partial charge < -0.3 is 20.5 Å². The summed E-state index contributed by atoms with van der Waals surface area (Å²) in [7, 11) is 3.38. The lowest BCUT2D eigenvalue weighted by atomic mass is 9.61. The van der Waals surface area contributed by atoms with Crippen molar-refractivity contribution in [3.8, 4) is 0 Å². The lowest BCUT2D eigenvalue weighted by Gasteiger charge is -2.48. The summed E-state index contributed by atoms with van der Waals surface area (Å²) < 4.78 is 5.29. The van der Waals surface area contributed by atoms with Crippen molar-refractivity contribution in [3.63, 3.8) is 0 Å². The van der Waals surface area contributed by atoms with Crippen molar-refractivity contribution < 1.29 is 14.3 Å². The molecule has 0 radical (unpaired) electrons. The number of para-hydroxylation sites is 1. The van der Waals surface area contributed by atoms with Crippen LogP contribution in [0.4, 0.5) is 0 Å². The van der Waals surface area contributed by atoms with Crippen molar-refractivity contribution in [3.05, 3.63) is 35.5 Å². The van der Waals surface area contributed by atoms with Crippen molar-refractivity contribution in [2.24, 2.45) is 28.2 Å². The van der Waals surface area contributed by atoms with Gasteiger partial charge in [0.05, 0.1) is 18.5 Å². The maximum absolute atomic E-state index is 13.3. The first-order valence-electron chi connectivity index (χ1n) is 9.67. The fourth-order valence-electron chi connectivity index (χ4n) is 5.34. The summed E-state index contributed by atoms with van der Waals surface area (Å²) in [6, 6.07) is 7.65. The van der Waals surface area contributed by atoms with Gasteiger partial charge in [0, 0.05) is 36.0 Å². The topological polar surface area (TPSA) is 101 Å². The minimum absolute atomic E-state index is 0.00821. The summed E-state index contributed by atoms with van der Waals surface area (Å²) in [5.41, 5.74) is 1.33. The summed E-state index contributed by atoms with van der Waals surface area (Å²) >= 11 is 0. The number of carbonyl (C=O) groups is 2. The Bertz CT molecular complexity index is 979. The van der Waals surface area contributed by atoms with Crippen molar-refractivity contribution >= 4 is 28.4 Å². The van der Waals surface area contributed by atoms with Gasteiger partial charge in [0.2, 0.25) is 0 Å². The van der Waals surface area contributed by atoms with Gasteiger partial charge in [0.15, 0.2) is 5.78 Å². The van der Waals surface area contributed by atoms with E-state index in [2.05, 4.69) is 21.9 Å². The molecule has 3 N–H and O–H groups in total. The highest BCUT2D eigenvalue weighted by atomic mass is 16.5. The van der Waals surface area contributed by atoms with Crippen LogP contribution in [0.1, 0.15) is 35.8 Å². The van der Waals surface area contributed by atoms with E-state index in [9.17, 15) is 9.59 Å². The van der Waals surface area contributed by atoms with E-state index in [-0.39, 0.29) is 30.0 Å². The number of nitrogens with zero attached hydrogens (tertiary/aromatic N) is 2. The Hall–Kier alpha value is -2.67. The Labute approximate surface area is 163 Å². The number of nitrogens with one attached hydrogen (secondary N) is 1. The Kier molecular flexibility index (Phi) is 4.50. The van der Waals surface area contributed by atoms with Gasteiger partial charge >= 0.3 is 5.97 Å². The molecular formula is C21H26N4O3. The van der Waals surface area contributed by atoms with Gasteiger partial charge in [-0.3, -0.25) is 9.59 Å². The van der Waals surface area contributed by atoms with Crippen LogP contribution in [0.3, 0.4) is 0 Å². The monoisotopic (exact) mass is 382 g/mol. The molecule has 28 heavy (non-hydrogen) atoms. The van der Waals surface area contributed by atoms with Gasteiger partial charge in [-0.15, -0.1) is 0 Å². The van der Waals surface area contributed by atoms with Gasteiger partial charge in [0.25, 0.3) is 0 Å². The molecule has 1 fully saturated rings. The van der Waals surface area contributed by atoms with E-state index >= 15 is 0 Å². The Balaban J connectivity index is 2.06. The quantitative estimate of drug-likeness (QED) is 0.471. The SMILES string of the molecule is CCC1CN(C)CC2(C(=O)OC)/C(=N/N)c3c([nH]c4ccccc34)C(=O)CC12. The third-order valence-electron chi connectivity index (χ3n) is 6.52. The standard InChI is InChI=1S/C21H26N4O3/c1-4-12-10-25(2)11-21(20(27)28-3)14(12)9-16(26)18-17(19(21)24-22)13-7-5-6-8-15(13)23-18/h5-8,12,14,23H,4,9-11,22H2,1-3H3/b24-19+. The minimum atomic E-state index is -1.08. The molecule has 0 amide bonds. The number of methoxy groups -OCH3 is 1.